The smallest absolute Gasteiger partial charge is 0.161 e. The molecular weight excluding hydrogens is 350 g/mol. The van der Waals surface area contributed by atoms with Gasteiger partial charge in [0.1, 0.15) is 5.69 Å². The van der Waals surface area contributed by atoms with E-state index in [0.717, 1.165) is 41.2 Å². The first-order valence-corrected chi connectivity index (χ1v) is 8.90. The summed E-state index contributed by atoms with van der Waals surface area (Å²) in [5.41, 5.74) is 1.11. The van der Waals surface area contributed by atoms with Crippen molar-refractivity contribution in [3.63, 3.8) is 0 Å². The van der Waals surface area contributed by atoms with Gasteiger partial charge in [0.2, 0.25) is 0 Å². The highest BCUT2D eigenvalue weighted by Gasteiger charge is 2.24. The number of rotatable bonds is 8. The van der Waals surface area contributed by atoms with Crippen LogP contribution in [0.3, 0.4) is 0 Å². The summed E-state index contributed by atoms with van der Waals surface area (Å²) in [6.07, 6.45) is 3.95. The monoisotopic (exact) mass is 371 g/mol. The zero-order valence-electron chi connectivity index (χ0n) is 12.7. The van der Waals surface area contributed by atoms with E-state index in [1.807, 2.05) is 6.20 Å². The molecule has 0 aliphatic carbocycles. The minimum atomic E-state index is 0.116. The quantitative estimate of drug-likeness (QED) is 0.754. The fourth-order valence-corrected chi connectivity index (χ4v) is 3.82. The van der Waals surface area contributed by atoms with Crippen LogP contribution in [-0.2, 0) is 6.54 Å². The highest BCUT2D eigenvalue weighted by atomic mass is 79.9. The Morgan fingerprint density at radius 3 is 2.76 bits per heavy atom. The van der Waals surface area contributed by atoms with Gasteiger partial charge in [-0.2, -0.15) is 5.10 Å². The van der Waals surface area contributed by atoms with Crippen molar-refractivity contribution in [2.45, 2.75) is 39.3 Å². The largest absolute Gasteiger partial charge is 0.493 e. The fraction of sp³-hybridized carbons (Fsp3) is 0.533. The third kappa shape index (κ3) is 3.87. The zero-order valence-corrected chi connectivity index (χ0v) is 15.1. The summed E-state index contributed by atoms with van der Waals surface area (Å²) in [6, 6.07) is 4.36. The van der Waals surface area contributed by atoms with Crippen LogP contribution in [0.25, 0.3) is 0 Å². The van der Waals surface area contributed by atoms with Crippen molar-refractivity contribution in [1.29, 1.82) is 0 Å². The van der Waals surface area contributed by atoms with Crippen molar-refractivity contribution in [2.24, 2.45) is 0 Å². The Morgan fingerprint density at radius 2 is 2.19 bits per heavy atom. The molecule has 0 saturated heterocycles. The lowest BCUT2D eigenvalue weighted by Crippen LogP contribution is -2.25. The summed E-state index contributed by atoms with van der Waals surface area (Å²) >= 11 is 5.30. The standard InChI is InChI=1S/C15H22BrN3OS/c1-4-8-17-14(12-6-7-13(16)21-12)15-11(20-3)10-18-19(15)9-5-2/h6-7,10,14,17H,4-5,8-9H2,1-3H3. The summed E-state index contributed by atoms with van der Waals surface area (Å²) < 4.78 is 8.73. The third-order valence-electron chi connectivity index (χ3n) is 3.25. The average Bonchev–Trinajstić information content (AvgIpc) is 3.07. The molecule has 0 aliphatic rings. The second-order valence-electron chi connectivity index (χ2n) is 4.85. The Balaban J connectivity index is 2.42. The van der Waals surface area contributed by atoms with Gasteiger partial charge in [0, 0.05) is 11.4 Å². The molecule has 4 nitrogen and oxygen atoms in total. The first-order valence-electron chi connectivity index (χ1n) is 7.29. The van der Waals surface area contributed by atoms with Crippen LogP contribution in [0.2, 0.25) is 0 Å². The van der Waals surface area contributed by atoms with E-state index >= 15 is 0 Å². The number of aromatic nitrogens is 2. The van der Waals surface area contributed by atoms with Gasteiger partial charge in [0.15, 0.2) is 5.75 Å². The minimum absolute atomic E-state index is 0.116. The van der Waals surface area contributed by atoms with Crippen LogP contribution in [0.1, 0.15) is 43.3 Å². The van der Waals surface area contributed by atoms with Gasteiger partial charge in [-0.1, -0.05) is 13.8 Å². The molecule has 0 spiro atoms. The molecule has 0 radical (unpaired) electrons. The number of methoxy groups -OCH3 is 1. The van der Waals surface area contributed by atoms with Crippen LogP contribution in [0, 0.1) is 0 Å². The van der Waals surface area contributed by atoms with E-state index in [1.54, 1.807) is 18.4 Å². The maximum Gasteiger partial charge on any atom is 0.161 e. The summed E-state index contributed by atoms with van der Waals surface area (Å²) in [5.74, 6) is 0.849. The predicted molar refractivity (Wildman–Crippen MR) is 91.2 cm³/mol. The number of nitrogens with zero attached hydrogens (tertiary/aromatic N) is 2. The highest BCUT2D eigenvalue weighted by molar-refractivity contribution is 9.11. The van der Waals surface area contributed by atoms with Gasteiger partial charge in [0.05, 0.1) is 23.1 Å². The molecule has 1 atom stereocenters. The number of thiophene rings is 1. The summed E-state index contributed by atoms with van der Waals surface area (Å²) in [7, 11) is 1.71. The molecule has 2 heterocycles. The molecule has 0 amide bonds. The Hall–Kier alpha value is -0.850. The van der Waals surface area contributed by atoms with E-state index in [9.17, 15) is 0 Å². The van der Waals surface area contributed by atoms with Crippen molar-refractivity contribution in [3.8, 4) is 5.75 Å². The maximum atomic E-state index is 5.53. The number of hydrogen-bond donors (Lipinski definition) is 1. The first kappa shape index (κ1) is 16.5. The maximum absolute atomic E-state index is 5.53. The van der Waals surface area contributed by atoms with E-state index in [4.69, 9.17) is 4.74 Å². The van der Waals surface area contributed by atoms with Crippen LogP contribution in [0.15, 0.2) is 22.1 Å². The Bertz CT molecular complexity index is 567. The molecular formula is C15H22BrN3OS. The number of hydrogen-bond acceptors (Lipinski definition) is 4. The average molecular weight is 372 g/mol. The molecule has 0 saturated carbocycles. The molecule has 2 aromatic rings. The zero-order chi connectivity index (χ0) is 15.2. The molecule has 1 N–H and O–H groups in total. The van der Waals surface area contributed by atoms with Gasteiger partial charge in [-0.3, -0.25) is 4.68 Å². The van der Waals surface area contributed by atoms with Crippen molar-refractivity contribution < 1.29 is 4.74 Å². The molecule has 0 aliphatic heterocycles. The van der Waals surface area contributed by atoms with Gasteiger partial charge in [0.25, 0.3) is 0 Å². The van der Waals surface area contributed by atoms with E-state index in [0.29, 0.717) is 0 Å². The lowest BCUT2D eigenvalue weighted by molar-refractivity contribution is 0.398. The van der Waals surface area contributed by atoms with Crippen molar-refractivity contribution in [1.82, 2.24) is 15.1 Å². The van der Waals surface area contributed by atoms with Gasteiger partial charge in [-0.25, -0.2) is 0 Å². The lowest BCUT2D eigenvalue weighted by Gasteiger charge is -2.20. The van der Waals surface area contributed by atoms with Crippen molar-refractivity contribution >= 4 is 27.3 Å². The second kappa shape index (κ2) is 7.96. The van der Waals surface area contributed by atoms with Crippen LogP contribution >= 0.6 is 27.3 Å². The molecule has 1 unspecified atom stereocenters. The number of nitrogens with one attached hydrogen (secondary N) is 1. The SMILES string of the molecule is CCCNC(c1ccc(Br)s1)c1c(OC)cnn1CCC. The number of aryl methyl sites for hydroxylation is 1. The molecule has 2 rings (SSSR count). The predicted octanol–water partition coefficient (Wildman–Crippen LogP) is 4.21. The molecule has 6 heteroatoms. The topological polar surface area (TPSA) is 39.1 Å². The number of ether oxygens (including phenoxy) is 1. The van der Waals surface area contributed by atoms with Crippen LogP contribution in [-0.4, -0.2) is 23.4 Å². The van der Waals surface area contributed by atoms with Gasteiger partial charge < -0.3 is 10.1 Å². The van der Waals surface area contributed by atoms with Crippen molar-refractivity contribution in [2.75, 3.05) is 13.7 Å². The Labute approximate surface area is 138 Å². The van der Waals surface area contributed by atoms with Crippen LogP contribution in [0.4, 0.5) is 0 Å². The highest BCUT2D eigenvalue weighted by Crippen LogP contribution is 2.35. The van der Waals surface area contributed by atoms with E-state index in [2.05, 4.69) is 57.0 Å². The summed E-state index contributed by atoms with van der Waals surface area (Å²) in [5, 5.41) is 8.11. The lowest BCUT2D eigenvalue weighted by atomic mass is 10.1. The summed E-state index contributed by atoms with van der Waals surface area (Å²) in [6.45, 7) is 6.19. The van der Waals surface area contributed by atoms with Crippen LogP contribution < -0.4 is 10.1 Å². The third-order valence-corrected chi connectivity index (χ3v) is 4.94. The molecule has 0 aromatic carbocycles. The first-order chi connectivity index (χ1) is 10.2. The molecule has 0 bridgehead atoms. The van der Waals surface area contributed by atoms with Crippen molar-refractivity contribution in [3.05, 3.63) is 32.7 Å². The molecule has 116 valence electrons. The van der Waals surface area contributed by atoms with Gasteiger partial charge >= 0.3 is 0 Å². The van der Waals surface area contributed by atoms with E-state index in [-0.39, 0.29) is 6.04 Å². The minimum Gasteiger partial charge on any atom is -0.493 e. The fourth-order valence-electron chi connectivity index (χ4n) is 2.32. The van der Waals surface area contributed by atoms with Gasteiger partial charge in [-0.05, 0) is 47.4 Å². The number of halogens is 1. The molecule has 2 aromatic heterocycles. The van der Waals surface area contributed by atoms with Crippen LogP contribution in [0.5, 0.6) is 5.75 Å². The van der Waals surface area contributed by atoms with E-state index < -0.39 is 0 Å². The van der Waals surface area contributed by atoms with E-state index in [1.165, 1.54) is 4.88 Å². The Morgan fingerprint density at radius 1 is 1.38 bits per heavy atom. The Kier molecular flexibility index (Phi) is 6.26. The summed E-state index contributed by atoms with van der Waals surface area (Å²) in [4.78, 5) is 1.27. The molecule has 0 fully saturated rings. The van der Waals surface area contributed by atoms with Gasteiger partial charge in [-0.15, -0.1) is 11.3 Å². The normalized spacial score (nSPS) is 12.6. The second-order valence-corrected chi connectivity index (χ2v) is 7.34. The molecule has 21 heavy (non-hydrogen) atoms.